The summed E-state index contributed by atoms with van der Waals surface area (Å²) in [6.07, 6.45) is 5.78. The molecule has 1 aliphatic rings. The van der Waals surface area contributed by atoms with Crippen LogP contribution in [0.15, 0.2) is 5.38 Å². The van der Waals surface area contributed by atoms with Crippen LogP contribution >= 0.6 is 11.3 Å². The highest BCUT2D eigenvalue weighted by molar-refractivity contribution is 7.09. The van der Waals surface area contributed by atoms with Crippen molar-refractivity contribution in [2.45, 2.75) is 117 Å². The number of methoxy groups -OCH3 is 1. The fourth-order valence-corrected chi connectivity index (χ4v) is 6.35. The van der Waals surface area contributed by atoms with Crippen molar-refractivity contribution >= 4 is 29.1 Å². The molecule has 9 nitrogen and oxygen atoms in total. The number of carbonyl (C=O) groups is 3. The molecule has 2 rings (SSSR count). The second-order valence-corrected chi connectivity index (χ2v) is 12.7. The van der Waals surface area contributed by atoms with Crippen LogP contribution in [0.1, 0.15) is 108 Å². The summed E-state index contributed by atoms with van der Waals surface area (Å²) in [5.74, 6) is -0.191. The number of piperidine rings is 1. The molecule has 10 heteroatoms. The zero-order valence-electron chi connectivity index (χ0n) is 26.2. The molecule has 1 unspecified atom stereocenters. The number of hydrogen-bond donors (Lipinski definition) is 2. The molecule has 1 saturated heterocycles. The summed E-state index contributed by atoms with van der Waals surface area (Å²) in [6.45, 7) is 13.2. The first-order valence-corrected chi connectivity index (χ1v) is 15.9. The minimum absolute atomic E-state index is 0.00559. The first-order chi connectivity index (χ1) is 18.9. The maximum atomic E-state index is 13.9. The van der Waals surface area contributed by atoms with Crippen LogP contribution in [0.3, 0.4) is 0 Å². The van der Waals surface area contributed by atoms with Gasteiger partial charge in [-0.25, -0.2) is 4.98 Å². The van der Waals surface area contributed by atoms with Crippen LogP contribution in [-0.4, -0.2) is 84.4 Å². The van der Waals surface area contributed by atoms with Gasteiger partial charge < -0.3 is 20.3 Å². The number of thiazole rings is 1. The number of rotatable bonds is 15. The van der Waals surface area contributed by atoms with E-state index in [2.05, 4.69) is 41.3 Å². The normalized spacial score (nSPS) is 19.9. The van der Waals surface area contributed by atoms with Gasteiger partial charge in [0.2, 0.25) is 11.8 Å². The lowest BCUT2D eigenvalue weighted by Gasteiger charge is -2.38. The van der Waals surface area contributed by atoms with Crippen LogP contribution in [0.2, 0.25) is 0 Å². The van der Waals surface area contributed by atoms with Crippen molar-refractivity contribution in [3.05, 3.63) is 16.1 Å². The highest BCUT2D eigenvalue weighted by Crippen LogP contribution is 2.30. The first kappa shape index (κ1) is 34.2. The molecule has 1 aliphatic heterocycles. The molecule has 0 radical (unpaired) electrons. The van der Waals surface area contributed by atoms with E-state index >= 15 is 0 Å². The van der Waals surface area contributed by atoms with E-state index in [-0.39, 0.29) is 53.8 Å². The van der Waals surface area contributed by atoms with Gasteiger partial charge in [0.1, 0.15) is 22.8 Å². The molecule has 0 spiro atoms. The van der Waals surface area contributed by atoms with Crippen molar-refractivity contribution in [1.29, 1.82) is 0 Å². The van der Waals surface area contributed by atoms with Crippen LogP contribution in [-0.2, 0) is 14.3 Å². The van der Waals surface area contributed by atoms with E-state index in [0.717, 1.165) is 50.1 Å². The van der Waals surface area contributed by atoms with Crippen molar-refractivity contribution in [2.24, 2.45) is 11.8 Å². The Bertz CT molecular complexity index is 954. The molecule has 2 heterocycles. The molecule has 6 atom stereocenters. The number of aromatic nitrogens is 1. The van der Waals surface area contributed by atoms with E-state index in [1.807, 2.05) is 34.9 Å². The zero-order valence-corrected chi connectivity index (χ0v) is 27.0. The monoisotopic (exact) mass is 579 g/mol. The second-order valence-electron chi connectivity index (χ2n) is 11.8. The van der Waals surface area contributed by atoms with Crippen molar-refractivity contribution in [3.8, 4) is 0 Å². The number of nitrogens with zero attached hydrogens (tertiary/aromatic N) is 3. The summed E-state index contributed by atoms with van der Waals surface area (Å²) in [7, 11) is 5.44. The maximum Gasteiger partial charge on any atom is 0.270 e. The molecule has 2 N–H and O–H groups in total. The highest BCUT2D eigenvalue weighted by Gasteiger charge is 2.36. The number of likely N-dealkylation sites (N-methyl/N-ethyl adjacent to an activating group) is 2. The van der Waals surface area contributed by atoms with E-state index in [0.29, 0.717) is 12.1 Å². The predicted octanol–water partition coefficient (Wildman–Crippen LogP) is 4.64. The molecular formula is C30H53N5O4S. The van der Waals surface area contributed by atoms with E-state index in [4.69, 9.17) is 4.74 Å². The summed E-state index contributed by atoms with van der Waals surface area (Å²) in [4.78, 5) is 48.3. The molecular weight excluding hydrogens is 526 g/mol. The Morgan fingerprint density at radius 1 is 1.18 bits per heavy atom. The largest absolute Gasteiger partial charge is 0.374 e. The number of likely N-dealkylation sites (tertiary alicyclic amines) is 1. The van der Waals surface area contributed by atoms with Crippen LogP contribution in [0.25, 0.3) is 0 Å². The van der Waals surface area contributed by atoms with E-state index < -0.39 is 6.04 Å². The average molecular weight is 580 g/mol. The minimum Gasteiger partial charge on any atom is -0.374 e. The molecule has 1 fully saturated rings. The number of carbonyl (C=O) groups excluding carboxylic acids is 3. The number of ether oxygens (including phenoxy) is 1. The van der Waals surface area contributed by atoms with Crippen molar-refractivity contribution in [1.82, 2.24) is 25.4 Å². The Kier molecular flexibility index (Phi) is 14.0. The van der Waals surface area contributed by atoms with Crippen LogP contribution in [0.5, 0.6) is 0 Å². The predicted molar refractivity (Wildman–Crippen MR) is 161 cm³/mol. The van der Waals surface area contributed by atoms with Gasteiger partial charge in [-0.2, -0.15) is 0 Å². The van der Waals surface area contributed by atoms with E-state index in [1.165, 1.54) is 11.3 Å². The summed E-state index contributed by atoms with van der Waals surface area (Å²) in [6, 6.07) is -0.855. The van der Waals surface area contributed by atoms with Gasteiger partial charge in [-0.05, 0) is 51.6 Å². The van der Waals surface area contributed by atoms with Crippen LogP contribution in [0, 0.1) is 11.8 Å². The Morgan fingerprint density at radius 3 is 2.45 bits per heavy atom. The van der Waals surface area contributed by atoms with E-state index in [1.54, 1.807) is 17.4 Å². The van der Waals surface area contributed by atoms with Gasteiger partial charge in [-0.1, -0.05) is 53.9 Å². The van der Waals surface area contributed by atoms with Gasteiger partial charge in [0, 0.05) is 38.0 Å². The summed E-state index contributed by atoms with van der Waals surface area (Å²) < 4.78 is 5.85. The summed E-state index contributed by atoms with van der Waals surface area (Å²) in [5, 5.41) is 8.61. The van der Waals surface area contributed by atoms with Gasteiger partial charge in [-0.3, -0.25) is 19.3 Å². The molecule has 0 bridgehead atoms. The summed E-state index contributed by atoms with van der Waals surface area (Å²) >= 11 is 1.40. The lowest BCUT2D eigenvalue weighted by atomic mass is 9.92. The zero-order chi connectivity index (χ0) is 30.0. The van der Waals surface area contributed by atoms with Gasteiger partial charge >= 0.3 is 0 Å². The number of nitrogens with one attached hydrogen (secondary N) is 2. The Balaban J connectivity index is 2.18. The first-order valence-electron chi connectivity index (χ1n) is 15.0. The van der Waals surface area contributed by atoms with Gasteiger partial charge in [-0.15, -0.1) is 11.3 Å². The van der Waals surface area contributed by atoms with E-state index in [9.17, 15) is 14.4 Å². The van der Waals surface area contributed by atoms with Crippen molar-refractivity contribution in [2.75, 3.05) is 27.7 Å². The fourth-order valence-electron chi connectivity index (χ4n) is 5.46. The topological polar surface area (TPSA) is 104 Å². The van der Waals surface area contributed by atoms with Gasteiger partial charge in [0.05, 0.1) is 6.04 Å². The van der Waals surface area contributed by atoms with Crippen LogP contribution < -0.4 is 10.6 Å². The third-order valence-corrected chi connectivity index (χ3v) is 9.27. The molecule has 0 aromatic carbocycles. The van der Waals surface area contributed by atoms with Gasteiger partial charge in [0.25, 0.3) is 5.91 Å². The molecule has 1 aromatic heterocycles. The Hall–Kier alpha value is -2.04. The quantitative estimate of drug-likeness (QED) is 0.314. The maximum absolute atomic E-state index is 13.9. The molecule has 0 saturated carbocycles. The van der Waals surface area contributed by atoms with Crippen molar-refractivity contribution < 1.29 is 19.1 Å². The molecule has 3 amide bonds. The second kappa shape index (κ2) is 16.4. The lowest BCUT2D eigenvalue weighted by molar-refractivity contribution is -0.141. The third kappa shape index (κ3) is 9.24. The molecule has 228 valence electrons. The lowest BCUT2D eigenvalue weighted by Crippen LogP contribution is -2.58. The molecule has 40 heavy (non-hydrogen) atoms. The Labute approximate surface area is 245 Å². The highest BCUT2D eigenvalue weighted by atomic mass is 32.1. The van der Waals surface area contributed by atoms with Crippen LogP contribution in [0.4, 0.5) is 0 Å². The van der Waals surface area contributed by atoms with Crippen molar-refractivity contribution in [3.63, 3.8) is 0 Å². The third-order valence-electron chi connectivity index (χ3n) is 8.33. The Morgan fingerprint density at radius 2 is 1.88 bits per heavy atom. The number of amides is 3. The fraction of sp³-hybridized carbons (Fsp3) is 0.800. The number of hydrogen-bond acceptors (Lipinski definition) is 7. The summed E-state index contributed by atoms with van der Waals surface area (Å²) in [5.41, 5.74) is 0.391. The van der Waals surface area contributed by atoms with Gasteiger partial charge in [0.15, 0.2) is 0 Å². The standard InChI is InChI=1S/C30H53N5O4S/c1-10-14-21(6)31-27(36)22-18-40-29(32-22)25(39-9)17-24(19(3)4)35(8)30(38)26(20(5)11-2)33-28(37)23-15-12-13-16-34(23)7/h18-21,23-26H,10-17H2,1-9H3,(H,31,36)(H,33,37)/t20-,21+,23+,24-,25+,26?/m0/s1. The average Bonchev–Trinajstić information content (AvgIpc) is 3.41. The molecule has 0 aliphatic carbocycles. The minimum atomic E-state index is -0.597. The SMILES string of the molecule is CCC[C@@H](C)NC(=O)c1csc([C@@H](C[C@@H](C(C)C)N(C)C(=O)C(NC(=O)[C@H]2CCCCN2C)[C@@H](C)CC)OC)n1. The smallest absolute Gasteiger partial charge is 0.270 e. The molecule has 1 aromatic rings.